The highest BCUT2D eigenvalue weighted by molar-refractivity contribution is 5.90. The molecule has 2 nitrogen and oxygen atoms in total. The number of aliphatic imine (C=N–C) groups is 1. The third-order valence-corrected chi connectivity index (χ3v) is 4.64. The number of nitrogens with zero attached hydrogens (tertiary/aromatic N) is 2. The zero-order chi connectivity index (χ0) is 16.7. The highest BCUT2D eigenvalue weighted by Gasteiger charge is 2.26. The van der Waals surface area contributed by atoms with Gasteiger partial charge in [0.2, 0.25) is 0 Å². The van der Waals surface area contributed by atoms with E-state index in [0.29, 0.717) is 5.56 Å². The molecule has 0 saturated carbocycles. The van der Waals surface area contributed by atoms with Crippen LogP contribution in [-0.2, 0) is 6.42 Å². The molecule has 1 heterocycles. The molecule has 0 bridgehead atoms. The molecule has 1 atom stereocenters. The summed E-state index contributed by atoms with van der Waals surface area (Å²) in [6, 6.07) is 19.3. The second kappa shape index (κ2) is 6.85. The molecule has 1 unspecified atom stereocenters. The van der Waals surface area contributed by atoms with Crippen molar-refractivity contribution in [3.8, 4) is 0 Å². The number of benzene rings is 3. The molecule has 1 aliphatic rings. The van der Waals surface area contributed by atoms with Crippen molar-refractivity contribution in [1.82, 2.24) is 4.90 Å². The van der Waals surface area contributed by atoms with Crippen LogP contribution >= 0.6 is 12.4 Å². The molecule has 3 aromatic rings. The molecule has 1 aliphatic heterocycles. The molecule has 0 amide bonds. The van der Waals surface area contributed by atoms with Crippen molar-refractivity contribution < 1.29 is 4.39 Å². The Morgan fingerprint density at radius 1 is 0.920 bits per heavy atom. The van der Waals surface area contributed by atoms with E-state index >= 15 is 0 Å². The van der Waals surface area contributed by atoms with Crippen molar-refractivity contribution in [2.45, 2.75) is 12.5 Å². The Bertz CT molecular complexity index is 950. The number of halogens is 2. The number of amidine groups is 1. The lowest BCUT2D eigenvalue weighted by Crippen LogP contribution is -2.29. The lowest BCUT2D eigenvalue weighted by molar-refractivity contribution is 0.574. The maximum absolute atomic E-state index is 14.4. The van der Waals surface area contributed by atoms with Crippen molar-refractivity contribution in [2.75, 3.05) is 14.1 Å². The molecular weight excluding hydrogens is 335 g/mol. The average Bonchev–Trinajstić information content (AvgIpc) is 2.59. The summed E-state index contributed by atoms with van der Waals surface area (Å²) in [4.78, 5) is 6.88. The minimum absolute atomic E-state index is 0. The van der Waals surface area contributed by atoms with Gasteiger partial charge in [-0.1, -0.05) is 48.5 Å². The second-order valence-electron chi connectivity index (χ2n) is 6.44. The third-order valence-electron chi connectivity index (χ3n) is 4.64. The van der Waals surface area contributed by atoms with E-state index in [1.807, 2.05) is 43.3 Å². The number of likely N-dealkylation sites (N-methyl/N-ethyl adjacent to an activating group) is 1. The summed E-state index contributed by atoms with van der Waals surface area (Å²) in [7, 11) is 3.98. The van der Waals surface area contributed by atoms with Crippen molar-refractivity contribution in [2.24, 2.45) is 4.99 Å². The molecule has 4 heteroatoms. The molecule has 0 saturated heterocycles. The first kappa shape index (κ1) is 17.4. The Hall–Kier alpha value is -2.39. The first-order valence-corrected chi connectivity index (χ1v) is 8.13. The predicted octanol–water partition coefficient (Wildman–Crippen LogP) is 5.01. The van der Waals surface area contributed by atoms with E-state index in [-0.39, 0.29) is 24.3 Å². The van der Waals surface area contributed by atoms with E-state index < -0.39 is 0 Å². The van der Waals surface area contributed by atoms with Crippen molar-refractivity contribution >= 4 is 29.0 Å². The summed E-state index contributed by atoms with van der Waals surface area (Å²) < 4.78 is 14.4. The van der Waals surface area contributed by atoms with Gasteiger partial charge >= 0.3 is 0 Å². The molecular formula is C21H20ClFN2. The van der Waals surface area contributed by atoms with Gasteiger partial charge in [-0.2, -0.15) is 0 Å². The molecule has 0 spiro atoms. The molecule has 0 radical (unpaired) electrons. The molecule has 0 aromatic heterocycles. The van der Waals surface area contributed by atoms with Gasteiger partial charge in [0, 0.05) is 26.1 Å². The molecule has 0 aliphatic carbocycles. The lowest BCUT2D eigenvalue weighted by atomic mass is 9.88. The fourth-order valence-electron chi connectivity index (χ4n) is 3.35. The normalized spacial score (nSPS) is 16.0. The smallest absolute Gasteiger partial charge is 0.128 e. The topological polar surface area (TPSA) is 15.6 Å². The van der Waals surface area contributed by atoms with Gasteiger partial charge in [-0.25, -0.2) is 4.39 Å². The maximum atomic E-state index is 14.4. The second-order valence-corrected chi connectivity index (χ2v) is 6.44. The largest absolute Gasteiger partial charge is 0.366 e. The van der Waals surface area contributed by atoms with Crippen molar-refractivity contribution in [3.63, 3.8) is 0 Å². The van der Waals surface area contributed by atoms with E-state index in [9.17, 15) is 4.39 Å². The zero-order valence-corrected chi connectivity index (χ0v) is 15.1. The summed E-state index contributed by atoms with van der Waals surface area (Å²) >= 11 is 0. The summed E-state index contributed by atoms with van der Waals surface area (Å²) in [6.45, 7) is 0. The van der Waals surface area contributed by atoms with Crippen LogP contribution in [0.4, 0.5) is 4.39 Å². The molecule has 128 valence electrons. The molecule has 0 fully saturated rings. The van der Waals surface area contributed by atoms with E-state index in [1.165, 1.54) is 22.4 Å². The number of hydrogen-bond donors (Lipinski definition) is 0. The highest BCUT2D eigenvalue weighted by Crippen LogP contribution is 2.36. The standard InChI is InChI=1S/C21H19FN2.ClH/c1-24(2)20-13-16-11-14-7-3-4-8-15(14)12-18(16)21(23-20)17-9-5-6-10-19(17)22;/h3-12,21H,13H2,1-2H3;1H. The van der Waals surface area contributed by atoms with Gasteiger partial charge in [0.15, 0.2) is 0 Å². The Balaban J connectivity index is 0.00000182. The summed E-state index contributed by atoms with van der Waals surface area (Å²) in [6.07, 6.45) is 0.776. The van der Waals surface area contributed by atoms with E-state index in [2.05, 4.69) is 24.3 Å². The predicted molar refractivity (Wildman–Crippen MR) is 104 cm³/mol. The molecule has 0 N–H and O–H groups in total. The quantitative estimate of drug-likeness (QED) is 0.600. The van der Waals surface area contributed by atoms with Crippen LogP contribution in [0.1, 0.15) is 22.7 Å². The third kappa shape index (κ3) is 3.12. The first-order valence-electron chi connectivity index (χ1n) is 8.13. The molecule has 25 heavy (non-hydrogen) atoms. The summed E-state index contributed by atoms with van der Waals surface area (Å²) in [5.74, 6) is 0.774. The van der Waals surface area contributed by atoms with E-state index in [4.69, 9.17) is 4.99 Å². The summed E-state index contributed by atoms with van der Waals surface area (Å²) in [5, 5.41) is 2.38. The van der Waals surface area contributed by atoms with Gasteiger partial charge in [-0.05, 0) is 34.0 Å². The Kier molecular flexibility index (Phi) is 4.78. The molecule has 3 aromatic carbocycles. The maximum Gasteiger partial charge on any atom is 0.128 e. The van der Waals surface area contributed by atoms with Crippen LogP contribution in [0.5, 0.6) is 0 Å². The minimum atomic E-state index is -0.294. The number of rotatable bonds is 1. The van der Waals surface area contributed by atoms with Gasteiger partial charge in [-0.15, -0.1) is 12.4 Å². The lowest BCUT2D eigenvalue weighted by Gasteiger charge is -2.28. The van der Waals surface area contributed by atoms with Gasteiger partial charge < -0.3 is 4.90 Å². The van der Waals surface area contributed by atoms with E-state index in [0.717, 1.165) is 17.8 Å². The fourth-order valence-corrected chi connectivity index (χ4v) is 3.35. The van der Waals surface area contributed by atoms with Crippen molar-refractivity contribution in [3.05, 3.63) is 83.2 Å². The van der Waals surface area contributed by atoms with Crippen LogP contribution in [0, 0.1) is 5.82 Å². The summed E-state index contributed by atoms with van der Waals surface area (Å²) in [5.41, 5.74) is 2.96. The van der Waals surface area contributed by atoms with Crippen LogP contribution in [0.25, 0.3) is 10.8 Å². The SMILES string of the molecule is CN(C)C1=NC(c2ccccc2F)c2cc3ccccc3cc2C1.Cl. The van der Waals surface area contributed by atoms with Crippen LogP contribution in [0.2, 0.25) is 0 Å². The number of fused-ring (bicyclic) bond motifs is 2. The van der Waals surface area contributed by atoms with Crippen LogP contribution in [0.15, 0.2) is 65.7 Å². The number of hydrogen-bond acceptors (Lipinski definition) is 2. The average molecular weight is 355 g/mol. The van der Waals surface area contributed by atoms with Gasteiger partial charge in [0.25, 0.3) is 0 Å². The van der Waals surface area contributed by atoms with Gasteiger partial charge in [0.1, 0.15) is 17.7 Å². The van der Waals surface area contributed by atoms with Gasteiger partial charge in [-0.3, -0.25) is 4.99 Å². The van der Waals surface area contributed by atoms with Crippen LogP contribution in [0.3, 0.4) is 0 Å². The van der Waals surface area contributed by atoms with Crippen molar-refractivity contribution in [1.29, 1.82) is 0 Å². The van der Waals surface area contributed by atoms with E-state index in [1.54, 1.807) is 6.07 Å². The Labute approximate surface area is 153 Å². The highest BCUT2D eigenvalue weighted by atomic mass is 35.5. The Morgan fingerprint density at radius 2 is 1.56 bits per heavy atom. The Morgan fingerprint density at radius 3 is 2.24 bits per heavy atom. The molecule has 4 rings (SSSR count). The van der Waals surface area contributed by atoms with Crippen LogP contribution in [-0.4, -0.2) is 24.8 Å². The minimum Gasteiger partial charge on any atom is -0.366 e. The fraction of sp³-hybridized carbons (Fsp3) is 0.190. The zero-order valence-electron chi connectivity index (χ0n) is 14.2. The van der Waals surface area contributed by atoms with Gasteiger partial charge in [0.05, 0.1) is 0 Å². The first-order chi connectivity index (χ1) is 11.6. The van der Waals surface area contributed by atoms with Crippen LogP contribution < -0.4 is 0 Å². The monoisotopic (exact) mass is 354 g/mol.